The number of rotatable bonds is 4. The Morgan fingerprint density at radius 3 is 2.17 bits per heavy atom. The van der Waals surface area contributed by atoms with Gasteiger partial charge in [-0.05, 0) is 38.6 Å². The van der Waals surface area contributed by atoms with Gasteiger partial charge in [0.15, 0.2) is 0 Å². The molecule has 0 radical (unpaired) electrons. The number of hydrogen-bond acceptors (Lipinski definition) is 3. The van der Waals surface area contributed by atoms with Crippen molar-refractivity contribution in [2.24, 2.45) is 5.92 Å². The fourth-order valence-corrected chi connectivity index (χ4v) is 3.20. The zero-order valence-corrected chi connectivity index (χ0v) is 11.3. The molecule has 1 saturated heterocycles. The fraction of sp³-hybridized carbons (Fsp3) is 0.857. The van der Waals surface area contributed by atoms with Crippen molar-refractivity contribution in [3.63, 3.8) is 0 Å². The Balaban J connectivity index is 1.99. The second-order valence-electron chi connectivity index (χ2n) is 5.54. The summed E-state index contributed by atoms with van der Waals surface area (Å²) < 4.78 is 0. The number of hydrogen-bond donors (Lipinski definition) is 1. The lowest BCUT2D eigenvalue weighted by atomic mass is 9.97. The van der Waals surface area contributed by atoms with E-state index in [1.165, 1.54) is 30.6 Å². The minimum Gasteiger partial charge on any atom is -0.315 e. The quantitative estimate of drug-likeness (QED) is 0.775. The molecule has 4 nitrogen and oxygen atoms in total. The minimum absolute atomic E-state index is 0.0238. The summed E-state index contributed by atoms with van der Waals surface area (Å²) in [6.45, 7) is 0.568. The molecular weight excluding hydrogens is 228 g/mol. The number of likely N-dealkylation sites (tertiary alicyclic amines) is 1. The average molecular weight is 252 g/mol. The van der Waals surface area contributed by atoms with Gasteiger partial charge in [-0.1, -0.05) is 12.8 Å². The van der Waals surface area contributed by atoms with Crippen LogP contribution in [0.4, 0.5) is 0 Å². The number of nitrogens with zero attached hydrogens (tertiary/aromatic N) is 1. The Labute approximate surface area is 109 Å². The third-order valence-corrected chi connectivity index (χ3v) is 4.35. The predicted molar refractivity (Wildman–Crippen MR) is 70.0 cm³/mol. The number of amides is 2. The molecule has 0 bridgehead atoms. The highest BCUT2D eigenvalue weighted by Crippen LogP contribution is 2.28. The summed E-state index contributed by atoms with van der Waals surface area (Å²) in [7, 11) is 1.94. The van der Waals surface area contributed by atoms with Crippen LogP contribution >= 0.6 is 0 Å². The lowest BCUT2D eigenvalue weighted by molar-refractivity contribution is -0.144. The van der Waals surface area contributed by atoms with Gasteiger partial charge in [-0.15, -0.1) is 0 Å². The molecule has 1 aliphatic carbocycles. The lowest BCUT2D eigenvalue weighted by Gasteiger charge is -2.28. The van der Waals surface area contributed by atoms with Crippen molar-refractivity contribution < 1.29 is 9.59 Å². The first-order valence-corrected chi connectivity index (χ1v) is 7.23. The normalized spacial score (nSPS) is 24.4. The fourth-order valence-electron chi connectivity index (χ4n) is 3.20. The van der Waals surface area contributed by atoms with Gasteiger partial charge in [0.2, 0.25) is 11.8 Å². The van der Waals surface area contributed by atoms with Crippen LogP contribution in [0, 0.1) is 5.92 Å². The van der Waals surface area contributed by atoms with E-state index in [0.717, 1.165) is 12.8 Å². The molecule has 0 aromatic carbocycles. The smallest absolute Gasteiger partial charge is 0.229 e. The predicted octanol–water partition coefficient (Wildman–Crippen LogP) is 1.69. The Kier molecular flexibility index (Phi) is 4.75. The SMILES string of the molecule is CNC(CN1C(=O)CCCCC1=O)C1CCCC1. The average Bonchev–Trinajstić information content (AvgIpc) is 2.84. The first-order chi connectivity index (χ1) is 8.72. The van der Waals surface area contributed by atoms with Gasteiger partial charge in [0.05, 0.1) is 0 Å². The van der Waals surface area contributed by atoms with Gasteiger partial charge >= 0.3 is 0 Å². The van der Waals surface area contributed by atoms with E-state index < -0.39 is 0 Å². The van der Waals surface area contributed by atoms with Crippen molar-refractivity contribution in [2.45, 2.75) is 57.4 Å². The molecule has 18 heavy (non-hydrogen) atoms. The summed E-state index contributed by atoms with van der Waals surface area (Å²) in [6, 6.07) is 0.276. The largest absolute Gasteiger partial charge is 0.315 e. The van der Waals surface area contributed by atoms with Gasteiger partial charge in [0, 0.05) is 25.4 Å². The highest BCUT2D eigenvalue weighted by atomic mass is 16.2. The molecule has 1 heterocycles. The standard InChI is InChI=1S/C14H24N2O2/c1-15-12(11-6-2-3-7-11)10-16-13(17)8-4-5-9-14(16)18/h11-12,15H,2-10H2,1H3. The zero-order valence-electron chi connectivity index (χ0n) is 11.3. The van der Waals surface area contributed by atoms with Crippen molar-refractivity contribution in [3.05, 3.63) is 0 Å². The molecule has 1 atom stereocenters. The molecule has 1 aliphatic heterocycles. The Hall–Kier alpha value is -0.900. The highest BCUT2D eigenvalue weighted by molar-refractivity contribution is 5.96. The first kappa shape index (κ1) is 13.5. The van der Waals surface area contributed by atoms with Crippen LogP contribution in [0.3, 0.4) is 0 Å². The molecule has 0 spiro atoms. The molecule has 1 unspecified atom stereocenters. The molecule has 2 amide bonds. The molecule has 1 N–H and O–H groups in total. The van der Waals surface area contributed by atoms with Gasteiger partial charge < -0.3 is 5.32 Å². The van der Waals surface area contributed by atoms with E-state index in [0.29, 0.717) is 25.3 Å². The van der Waals surface area contributed by atoms with Crippen LogP contribution in [0.5, 0.6) is 0 Å². The zero-order chi connectivity index (χ0) is 13.0. The van der Waals surface area contributed by atoms with Gasteiger partial charge in [0.1, 0.15) is 0 Å². The Morgan fingerprint density at radius 2 is 1.67 bits per heavy atom. The van der Waals surface area contributed by atoms with Crippen molar-refractivity contribution in [1.29, 1.82) is 0 Å². The Morgan fingerprint density at radius 1 is 1.11 bits per heavy atom. The second-order valence-corrected chi connectivity index (χ2v) is 5.54. The van der Waals surface area contributed by atoms with E-state index in [9.17, 15) is 9.59 Å². The van der Waals surface area contributed by atoms with Crippen LogP contribution in [-0.2, 0) is 9.59 Å². The van der Waals surface area contributed by atoms with Crippen LogP contribution < -0.4 is 5.32 Å². The monoisotopic (exact) mass is 252 g/mol. The van der Waals surface area contributed by atoms with E-state index in [2.05, 4.69) is 5.32 Å². The molecule has 0 aromatic rings. The number of nitrogens with one attached hydrogen (secondary N) is 1. The molecule has 2 rings (SSSR count). The molecule has 4 heteroatoms. The lowest BCUT2D eigenvalue weighted by Crippen LogP contribution is -2.47. The van der Waals surface area contributed by atoms with Crippen LogP contribution in [0.2, 0.25) is 0 Å². The second kappa shape index (κ2) is 6.32. The molecule has 2 aliphatic rings. The van der Waals surface area contributed by atoms with Crippen LogP contribution in [-0.4, -0.2) is 36.3 Å². The molecule has 0 aromatic heterocycles. The topological polar surface area (TPSA) is 49.4 Å². The van der Waals surface area contributed by atoms with Gasteiger partial charge in [-0.2, -0.15) is 0 Å². The van der Waals surface area contributed by atoms with Crippen molar-refractivity contribution in [3.8, 4) is 0 Å². The molecule has 2 fully saturated rings. The highest BCUT2D eigenvalue weighted by Gasteiger charge is 2.30. The van der Waals surface area contributed by atoms with Crippen molar-refractivity contribution in [2.75, 3.05) is 13.6 Å². The molecule has 1 saturated carbocycles. The third kappa shape index (κ3) is 3.10. The summed E-state index contributed by atoms with van der Waals surface area (Å²) in [5, 5.41) is 3.31. The van der Waals surface area contributed by atoms with E-state index in [1.807, 2.05) is 7.05 Å². The van der Waals surface area contributed by atoms with Crippen LogP contribution in [0.25, 0.3) is 0 Å². The van der Waals surface area contributed by atoms with E-state index in [1.54, 1.807) is 0 Å². The summed E-state index contributed by atoms with van der Waals surface area (Å²) in [5.41, 5.74) is 0. The van der Waals surface area contributed by atoms with Gasteiger partial charge in [0.25, 0.3) is 0 Å². The maximum atomic E-state index is 12.0. The molecule has 102 valence electrons. The first-order valence-electron chi connectivity index (χ1n) is 7.23. The van der Waals surface area contributed by atoms with Gasteiger partial charge in [-0.25, -0.2) is 0 Å². The van der Waals surface area contributed by atoms with Crippen molar-refractivity contribution >= 4 is 11.8 Å². The Bertz CT molecular complexity index is 293. The summed E-state index contributed by atoms with van der Waals surface area (Å²) >= 11 is 0. The number of carbonyl (C=O) groups excluding carboxylic acids is 2. The minimum atomic E-state index is 0.0238. The van der Waals surface area contributed by atoms with Gasteiger partial charge in [-0.3, -0.25) is 14.5 Å². The summed E-state index contributed by atoms with van der Waals surface area (Å²) in [5.74, 6) is 0.672. The van der Waals surface area contributed by atoms with E-state index in [-0.39, 0.29) is 17.9 Å². The van der Waals surface area contributed by atoms with Crippen molar-refractivity contribution in [1.82, 2.24) is 10.2 Å². The number of imide groups is 1. The van der Waals surface area contributed by atoms with E-state index >= 15 is 0 Å². The number of likely N-dealkylation sites (N-methyl/N-ethyl adjacent to an activating group) is 1. The summed E-state index contributed by atoms with van der Waals surface area (Å²) in [6.07, 6.45) is 7.79. The maximum absolute atomic E-state index is 12.0. The number of carbonyl (C=O) groups is 2. The maximum Gasteiger partial charge on any atom is 0.229 e. The summed E-state index contributed by atoms with van der Waals surface area (Å²) in [4.78, 5) is 25.4. The third-order valence-electron chi connectivity index (χ3n) is 4.35. The van der Waals surface area contributed by atoms with Crippen LogP contribution in [0.15, 0.2) is 0 Å². The van der Waals surface area contributed by atoms with E-state index in [4.69, 9.17) is 0 Å². The van der Waals surface area contributed by atoms with Crippen LogP contribution in [0.1, 0.15) is 51.4 Å². The molecular formula is C14H24N2O2.